The Hall–Kier alpha value is -4.38. The lowest BCUT2D eigenvalue weighted by atomic mass is 9.98. The molecular formula is C25H21N3O7S. The zero-order valence-electron chi connectivity index (χ0n) is 18.7. The number of thioether (sulfide) groups is 1. The zero-order valence-corrected chi connectivity index (χ0v) is 19.6. The van der Waals surface area contributed by atoms with Gasteiger partial charge in [0.25, 0.3) is 5.69 Å². The number of hydrogen-bond donors (Lipinski definition) is 3. The number of primary amides is 1. The van der Waals surface area contributed by atoms with E-state index in [1.54, 1.807) is 0 Å². The van der Waals surface area contributed by atoms with Crippen LogP contribution in [0.4, 0.5) is 10.5 Å². The lowest BCUT2D eigenvalue weighted by Crippen LogP contribution is -2.46. The summed E-state index contributed by atoms with van der Waals surface area (Å²) in [4.78, 5) is 46.4. The highest BCUT2D eigenvalue weighted by molar-refractivity contribution is 7.99. The Kier molecular flexibility index (Phi) is 7.20. The molecule has 184 valence electrons. The number of nitro benzene ring substituents is 1. The number of hydrogen-bond acceptors (Lipinski definition) is 7. The standard InChI is InChI=1S/C25H21N3O7S/c26-23(29)21(13-36-22-11-14(28(33)34)9-10-19(22)24(30)31)27-25(32)35-12-20-17-7-3-1-5-15(17)16-6-2-4-8-18(16)20/h1-11,20-21H,12-13H2,(H2,26,29)(H,27,32)(H,30,31)/t21-/m0/s1. The highest BCUT2D eigenvalue weighted by Crippen LogP contribution is 2.44. The number of nitro groups is 1. The average Bonchev–Trinajstić information content (AvgIpc) is 3.18. The summed E-state index contributed by atoms with van der Waals surface area (Å²) < 4.78 is 5.43. The molecular weight excluding hydrogens is 486 g/mol. The highest BCUT2D eigenvalue weighted by Gasteiger charge is 2.29. The zero-order chi connectivity index (χ0) is 25.8. The third-order valence-electron chi connectivity index (χ3n) is 5.79. The van der Waals surface area contributed by atoms with Crippen molar-refractivity contribution in [1.82, 2.24) is 5.32 Å². The first kappa shape index (κ1) is 24.7. The molecule has 0 saturated carbocycles. The molecule has 1 aliphatic carbocycles. The molecule has 0 aliphatic heterocycles. The Morgan fingerprint density at radius 1 is 1.06 bits per heavy atom. The van der Waals surface area contributed by atoms with Crippen LogP contribution in [0.5, 0.6) is 0 Å². The summed E-state index contributed by atoms with van der Waals surface area (Å²) in [7, 11) is 0. The van der Waals surface area contributed by atoms with E-state index < -0.39 is 28.9 Å². The van der Waals surface area contributed by atoms with Gasteiger partial charge in [-0.2, -0.15) is 0 Å². The fraction of sp³-hybridized carbons (Fsp3) is 0.160. The maximum absolute atomic E-state index is 12.5. The van der Waals surface area contributed by atoms with Gasteiger partial charge in [0.2, 0.25) is 5.91 Å². The van der Waals surface area contributed by atoms with Crippen LogP contribution in [0.2, 0.25) is 0 Å². The third-order valence-corrected chi connectivity index (χ3v) is 6.94. The SMILES string of the molecule is NC(=O)[C@H](CSc1cc([N+](=O)[O-])ccc1C(=O)O)NC(=O)OCC1c2ccccc2-c2ccccc21. The van der Waals surface area contributed by atoms with Crippen molar-refractivity contribution in [1.29, 1.82) is 0 Å². The van der Waals surface area contributed by atoms with Gasteiger partial charge in [-0.05, 0) is 28.3 Å². The van der Waals surface area contributed by atoms with Crippen molar-refractivity contribution < 1.29 is 29.2 Å². The molecule has 36 heavy (non-hydrogen) atoms. The maximum Gasteiger partial charge on any atom is 0.407 e. The molecule has 0 aromatic heterocycles. The van der Waals surface area contributed by atoms with Crippen LogP contribution in [0.15, 0.2) is 71.6 Å². The van der Waals surface area contributed by atoms with Crippen molar-refractivity contribution in [3.8, 4) is 11.1 Å². The molecule has 4 N–H and O–H groups in total. The summed E-state index contributed by atoms with van der Waals surface area (Å²) in [6.07, 6.45) is -0.862. The van der Waals surface area contributed by atoms with Crippen molar-refractivity contribution in [2.24, 2.45) is 5.73 Å². The smallest absolute Gasteiger partial charge is 0.407 e. The number of aromatic carboxylic acids is 1. The molecule has 2 amide bonds. The van der Waals surface area contributed by atoms with E-state index in [1.807, 2.05) is 48.5 Å². The predicted octanol–water partition coefficient (Wildman–Crippen LogP) is 3.78. The summed E-state index contributed by atoms with van der Waals surface area (Å²) in [6.45, 7) is 0.0343. The molecule has 1 atom stereocenters. The molecule has 0 spiro atoms. The van der Waals surface area contributed by atoms with Crippen LogP contribution < -0.4 is 11.1 Å². The summed E-state index contributed by atoms with van der Waals surface area (Å²) >= 11 is 0.854. The minimum absolute atomic E-state index is 0.0343. The van der Waals surface area contributed by atoms with Gasteiger partial charge in [-0.25, -0.2) is 9.59 Å². The number of ether oxygens (including phenoxy) is 1. The van der Waals surface area contributed by atoms with Gasteiger partial charge < -0.3 is 20.9 Å². The van der Waals surface area contributed by atoms with Gasteiger partial charge in [-0.3, -0.25) is 14.9 Å². The van der Waals surface area contributed by atoms with Crippen molar-refractivity contribution in [2.75, 3.05) is 12.4 Å². The number of fused-ring (bicyclic) bond motifs is 3. The van der Waals surface area contributed by atoms with Crippen LogP contribution in [0.25, 0.3) is 11.1 Å². The predicted molar refractivity (Wildman–Crippen MR) is 132 cm³/mol. The molecule has 0 saturated heterocycles. The molecule has 3 aromatic rings. The van der Waals surface area contributed by atoms with Gasteiger partial charge in [-0.1, -0.05) is 48.5 Å². The minimum Gasteiger partial charge on any atom is -0.478 e. The summed E-state index contributed by atoms with van der Waals surface area (Å²) in [5, 5.41) is 22.8. The summed E-state index contributed by atoms with van der Waals surface area (Å²) in [5.74, 6) is -2.47. The van der Waals surface area contributed by atoms with Crippen molar-refractivity contribution >= 4 is 35.4 Å². The van der Waals surface area contributed by atoms with E-state index in [0.717, 1.165) is 52.2 Å². The lowest BCUT2D eigenvalue weighted by molar-refractivity contribution is -0.385. The largest absolute Gasteiger partial charge is 0.478 e. The molecule has 0 unspecified atom stereocenters. The van der Waals surface area contributed by atoms with E-state index >= 15 is 0 Å². The lowest BCUT2D eigenvalue weighted by Gasteiger charge is -2.18. The highest BCUT2D eigenvalue weighted by atomic mass is 32.2. The number of carboxylic acids is 1. The van der Waals surface area contributed by atoms with Crippen LogP contribution in [-0.2, 0) is 9.53 Å². The van der Waals surface area contributed by atoms with Crippen molar-refractivity contribution in [3.05, 3.63) is 93.5 Å². The van der Waals surface area contributed by atoms with Crippen LogP contribution in [0.3, 0.4) is 0 Å². The summed E-state index contributed by atoms with van der Waals surface area (Å²) in [5.41, 5.74) is 9.14. The Bertz CT molecular complexity index is 1320. The molecule has 0 radical (unpaired) electrons. The number of benzene rings is 3. The van der Waals surface area contributed by atoms with Crippen LogP contribution in [-0.4, -0.2) is 46.4 Å². The first-order valence-electron chi connectivity index (χ1n) is 10.8. The Balaban J connectivity index is 1.42. The molecule has 0 fully saturated rings. The number of nitrogens with zero attached hydrogens (tertiary/aromatic N) is 1. The number of alkyl carbamates (subject to hydrolysis) is 1. The molecule has 0 bridgehead atoms. The van der Waals surface area contributed by atoms with Gasteiger partial charge in [0.1, 0.15) is 12.6 Å². The number of amides is 2. The fourth-order valence-electron chi connectivity index (χ4n) is 4.07. The molecule has 3 aromatic carbocycles. The Morgan fingerprint density at radius 3 is 2.22 bits per heavy atom. The van der Waals surface area contributed by atoms with E-state index in [9.17, 15) is 29.6 Å². The van der Waals surface area contributed by atoms with Crippen LogP contribution in [0, 0.1) is 10.1 Å². The quantitative estimate of drug-likeness (QED) is 0.224. The molecule has 10 nitrogen and oxygen atoms in total. The first-order valence-corrected chi connectivity index (χ1v) is 11.8. The third kappa shape index (κ3) is 5.15. The van der Waals surface area contributed by atoms with Crippen molar-refractivity contribution in [3.63, 3.8) is 0 Å². The Labute approximate surface area is 209 Å². The first-order chi connectivity index (χ1) is 17.3. The van der Waals surface area contributed by atoms with Gasteiger partial charge in [0.05, 0.1) is 10.5 Å². The van der Waals surface area contributed by atoms with Crippen molar-refractivity contribution in [2.45, 2.75) is 16.9 Å². The number of nitrogens with two attached hydrogens (primary N) is 1. The van der Waals surface area contributed by atoms with E-state index in [0.29, 0.717) is 0 Å². The number of nitrogens with one attached hydrogen (secondary N) is 1. The second kappa shape index (κ2) is 10.5. The second-order valence-electron chi connectivity index (χ2n) is 7.98. The summed E-state index contributed by atoms with van der Waals surface area (Å²) in [6, 6.07) is 17.8. The van der Waals surface area contributed by atoms with Gasteiger partial charge >= 0.3 is 12.1 Å². The topological polar surface area (TPSA) is 162 Å². The van der Waals surface area contributed by atoms with Gasteiger partial charge in [0, 0.05) is 28.7 Å². The molecule has 1 aliphatic rings. The van der Waals surface area contributed by atoms with Crippen LogP contribution >= 0.6 is 11.8 Å². The second-order valence-corrected chi connectivity index (χ2v) is 9.04. The van der Waals surface area contributed by atoms with E-state index in [1.165, 1.54) is 0 Å². The molecule has 11 heteroatoms. The minimum atomic E-state index is -1.28. The Morgan fingerprint density at radius 2 is 1.67 bits per heavy atom. The monoisotopic (exact) mass is 507 g/mol. The number of carbonyl (C=O) groups excluding carboxylic acids is 2. The number of carboxylic acid groups (broad SMARTS) is 1. The van der Waals surface area contributed by atoms with Gasteiger partial charge in [-0.15, -0.1) is 11.8 Å². The van der Waals surface area contributed by atoms with Crippen LogP contribution in [0.1, 0.15) is 27.4 Å². The normalized spacial score (nSPS) is 12.8. The van der Waals surface area contributed by atoms with E-state index in [-0.39, 0.29) is 34.4 Å². The number of rotatable bonds is 9. The van der Waals surface area contributed by atoms with E-state index in [4.69, 9.17) is 10.5 Å². The molecule has 0 heterocycles. The van der Waals surface area contributed by atoms with Gasteiger partial charge in [0.15, 0.2) is 0 Å². The average molecular weight is 508 g/mol. The number of carbonyl (C=O) groups is 3. The fourth-order valence-corrected chi connectivity index (χ4v) is 5.18. The number of non-ortho nitro benzene ring substituents is 1. The van der Waals surface area contributed by atoms with E-state index in [2.05, 4.69) is 5.32 Å². The molecule has 4 rings (SSSR count). The maximum atomic E-state index is 12.5.